The summed E-state index contributed by atoms with van der Waals surface area (Å²) in [5.74, 6) is 0.706. The van der Waals surface area contributed by atoms with Crippen molar-refractivity contribution in [3.63, 3.8) is 0 Å². The number of carbonyl (C=O) groups excluding carboxylic acids is 1. The molecule has 1 unspecified atom stereocenters. The number of halogens is 1. The van der Waals surface area contributed by atoms with E-state index in [4.69, 9.17) is 0 Å². The number of aromatic nitrogens is 2. The molecule has 0 aromatic carbocycles. The van der Waals surface area contributed by atoms with Crippen LogP contribution in [0, 0.1) is 5.92 Å². The second-order valence-corrected chi connectivity index (χ2v) is 5.74. The molecule has 5 heteroatoms. The first kappa shape index (κ1) is 12.6. The number of hydrogen-bond donors (Lipinski definition) is 1. The van der Waals surface area contributed by atoms with Gasteiger partial charge in [-0.3, -0.25) is 9.48 Å². The van der Waals surface area contributed by atoms with Crippen molar-refractivity contribution in [3.05, 3.63) is 17.5 Å². The minimum atomic E-state index is -0.0372. The smallest absolute Gasteiger partial charge is 0.269 e. The van der Waals surface area contributed by atoms with E-state index in [1.54, 1.807) is 11.7 Å². The summed E-state index contributed by atoms with van der Waals surface area (Å²) < 4.78 is 1.65. The lowest BCUT2D eigenvalue weighted by atomic mass is 10.2. The summed E-state index contributed by atoms with van der Waals surface area (Å²) in [5.41, 5.74) is 1.59. The van der Waals surface area contributed by atoms with Crippen molar-refractivity contribution in [1.82, 2.24) is 15.1 Å². The molecule has 4 nitrogen and oxygen atoms in total. The summed E-state index contributed by atoms with van der Waals surface area (Å²) in [7, 11) is 1.81. The third kappa shape index (κ3) is 3.09. The van der Waals surface area contributed by atoms with Crippen molar-refractivity contribution in [2.75, 3.05) is 6.54 Å². The van der Waals surface area contributed by atoms with Crippen LogP contribution in [0.2, 0.25) is 0 Å². The molecule has 1 aliphatic rings. The Hall–Kier alpha value is -0.840. The monoisotopic (exact) mass is 299 g/mol. The minimum Gasteiger partial charge on any atom is -0.350 e. The Kier molecular flexibility index (Phi) is 3.86. The molecule has 0 spiro atoms. The number of hydrogen-bond acceptors (Lipinski definition) is 2. The molecule has 1 aromatic rings. The highest BCUT2D eigenvalue weighted by Gasteiger charge is 2.29. The SMILES string of the molecule is CCc1cc(C(=O)NCC(Br)C2CC2)n(C)n1. The fraction of sp³-hybridized carbons (Fsp3) is 0.667. The van der Waals surface area contributed by atoms with E-state index in [-0.39, 0.29) is 5.91 Å². The van der Waals surface area contributed by atoms with Crippen LogP contribution in [0.5, 0.6) is 0 Å². The van der Waals surface area contributed by atoms with Crippen molar-refractivity contribution in [3.8, 4) is 0 Å². The average Bonchev–Trinajstić information content (AvgIpc) is 3.09. The average molecular weight is 300 g/mol. The first-order valence-electron chi connectivity index (χ1n) is 6.07. The number of aryl methyl sites for hydroxylation is 2. The Balaban J connectivity index is 1.91. The van der Waals surface area contributed by atoms with Crippen molar-refractivity contribution in [1.29, 1.82) is 0 Å². The molecule has 1 N–H and O–H groups in total. The second-order valence-electron chi connectivity index (χ2n) is 4.56. The number of nitrogens with zero attached hydrogens (tertiary/aromatic N) is 2. The Bertz CT molecular complexity index is 412. The van der Waals surface area contributed by atoms with Crippen LogP contribution in [-0.2, 0) is 13.5 Å². The summed E-state index contributed by atoms with van der Waals surface area (Å²) in [5, 5.41) is 7.22. The molecule has 1 aliphatic carbocycles. The first-order chi connectivity index (χ1) is 8.11. The summed E-state index contributed by atoms with van der Waals surface area (Å²) in [6.45, 7) is 2.72. The van der Waals surface area contributed by atoms with E-state index in [9.17, 15) is 4.79 Å². The molecule has 1 amide bonds. The van der Waals surface area contributed by atoms with Crippen LogP contribution in [0.3, 0.4) is 0 Å². The zero-order valence-corrected chi connectivity index (χ0v) is 11.8. The van der Waals surface area contributed by atoms with Crippen LogP contribution in [-0.4, -0.2) is 27.1 Å². The van der Waals surface area contributed by atoms with Gasteiger partial charge in [-0.1, -0.05) is 22.9 Å². The Morgan fingerprint density at radius 2 is 2.41 bits per heavy atom. The van der Waals surface area contributed by atoms with Crippen LogP contribution >= 0.6 is 15.9 Å². The van der Waals surface area contributed by atoms with Gasteiger partial charge in [0, 0.05) is 18.4 Å². The van der Waals surface area contributed by atoms with E-state index >= 15 is 0 Å². The molecule has 0 radical (unpaired) electrons. The molecule has 1 saturated carbocycles. The molecule has 1 fully saturated rings. The number of carbonyl (C=O) groups is 1. The largest absolute Gasteiger partial charge is 0.350 e. The van der Waals surface area contributed by atoms with Crippen LogP contribution in [0.15, 0.2) is 6.07 Å². The van der Waals surface area contributed by atoms with Gasteiger partial charge in [0.15, 0.2) is 0 Å². The fourth-order valence-electron chi connectivity index (χ4n) is 1.82. The van der Waals surface area contributed by atoms with Gasteiger partial charge in [-0.25, -0.2) is 0 Å². The highest BCUT2D eigenvalue weighted by Crippen LogP contribution is 2.36. The maximum atomic E-state index is 11.9. The molecule has 1 atom stereocenters. The van der Waals surface area contributed by atoms with Gasteiger partial charge in [0.1, 0.15) is 5.69 Å². The van der Waals surface area contributed by atoms with Crippen molar-refractivity contribution < 1.29 is 4.79 Å². The van der Waals surface area contributed by atoms with Crippen molar-refractivity contribution >= 4 is 21.8 Å². The van der Waals surface area contributed by atoms with Crippen molar-refractivity contribution in [2.24, 2.45) is 13.0 Å². The highest BCUT2D eigenvalue weighted by molar-refractivity contribution is 9.09. The minimum absolute atomic E-state index is 0.0372. The maximum Gasteiger partial charge on any atom is 0.269 e. The molecule has 94 valence electrons. The number of rotatable bonds is 5. The van der Waals surface area contributed by atoms with Crippen LogP contribution < -0.4 is 5.32 Å². The predicted octanol–water partition coefficient (Wildman–Crippen LogP) is 1.89. The summed E-state index contributed by atoms with van der Waals surface area (Å²) >= 11 is 3.61. The number of amides is 1. The van der Waals surface area contributed by atoms with Gasteiger partial charge >= 0.3 is 0 Å². The molecule has 0 aliphatic heterocycles. The Morgan fingerprint density at radius 3 is 2.94 bits per heavy atom. The predicted molar refractivity (Wildman–Crippen MR) is 70.4 cm³/mol. The Morgan fingerprint density at radius 1 is 1.71 bits per heavy atom. The standard InChI is InChI=1S/C12H18BrN3O/c1-3-9-6-11(16(2)15-9)12(17)14-7-10(13)8-4-5-8/h6,8,10H,3-5,7H2,1-2H3,(H,14,17). The quantitative estimate of drug-likeness (QED) is 0.844. The molecule has 0 bridgehead atoms. The maximum absolute atomic E-state index is 11.9. The molecule has 17 heavy (non-hydrogen) atoms. The number of nitrogens with one attached hydrogen (secondary N) is 1. The summed E-state index contributed by atoms with van der Waals surface area (Å²) in [6.07, 6.45) is 3.40. The zero-order chi connectivity index (χ0) is 12.4. The summed E-state index contributed by atoms with van der Waals surface area (Å²) in [4.78, 5) is 12.4. The molecular weight excluding hydrogens is 282 g/mol. The Labute approximate surface area is 110 Å². The van der Waals surface area contributed by atoms with Crippen LogP contribution in [0.4, 0.5) is 0 Å². The van der Waals surface area contributed by atoms with Crippen LogP contribution in [0.25, 0.3) is 0 Å². The van der Waals surface area contributed by atoms with Gasteiger partial charge in [-0.2, -0.15) is 5.10 Å². The molecule has 0 saturated heterocycles. The second kappa shape index (κ2) is 5.21. The first-order valence-corrected chi connectivity index (χ1v) is 6.98. The lowest BCUT2D eigenvalue weighted by Gasteiger charge is -2.09. The topological polar surface area (TPSA) is 46.9 Å². The van der Waals surface area contributed by atoms with E-state index in [1.165, 1.54) is 12.8 Å². The van der Waals surface area contributed by atoms with E-state index in [1.807, 2.05) is 13.0 Å². The van der Waals surface area contributed by atoms with Gasteiger partial charge in [0.25, 0.3) is 5.91 Å². The van der Waals surface area contributed by atoms with Crippen LogP contribution in [0.1, 0.15) is 35.9 Å². The van der Waals surface area contributed by atoms with Gasteiger partial charge < -0.3 is 5.32 Å². The van der Waals surface area contributed by atoms with E-state index in [2.05, 4.69) is 26.3 Å². The van der Waals surface area contributed by atoms with Gasteiger partial charge in [-0.05, 0) is 31.2 Å². The van der Waals surface area contributed by atoms with Crippen molar-refractivity contribution in [2.45, 2.75) is 31.0 Å². The van der Waals surface area contributed by atoms with E-state index < -0.39 is 0 Å². The van der Waals surface area contributed by atoms with E-state index in [0.29, 0.717) is 17.1 Å². The normalized spacial score (nSPS) is 16.9. The zero-order valence-electron chi connectivity index (χ0n) is 10.2. The number of alkyl halides is 1. The molecule has 1 aromatic heterocycles. The van der Waals surface area contributed by atoms with Gasteiger partial charge in [0.05, 0.1) is 5.69 Å². The van der Waals surface area contributed by atoms with Gasteiger partial charge in [-0.15, -0.1) is 0 Å². The van der Waals surface area contributed by atoms with E-state index in [0.717, 1.165) is 18.0 Å². The van der Waals surface area contributed by atoms with Gasteiger partial charge in [0.2, 0.25) is 0 Å². The molecule has 1 heterocycles. The summed E-state index contributed by atoms with van der Waals surface area (Å²) in [6, 6.07) is 1.86. The third-order valence-corrected chi connectivity index (χ3v) is 4.19. The highest BCUT2D eigenvalue weighted by atomic mass is 79.9. The lowest BCUT2D eigenvalue weighted by molar-refractivity contribution is 0.0944. The molecule has 2 rings (SSSR count). The third-order valence-electron chi connectivity index (χ3n) is 3.12. The molecular formula is C12H18BrN3O. The lowest BCUT2D eigenvalue weighted by Crippen LogP contribution is -2.31. The fourth-order valence-corrected chi connectivity index (χ4v) is 2.51.